The van der Waals surface area contributed by atoms with E-state index in [2.05, 4.69) is 4.98 Å². The molecule has 0 spiro atoms. The van der Waals surface area contributed by atoms with E-state index in [-0.39, 0.29) is 6.42 Å². The van der Waals surface area contributed by atoms with E-state index in [4.69, 9.17) is 14.0 Å². The molecule has 1 unspecified atom stereocenters. The first kappa shape index (κ1) is 18.6. The van der Waals surface area contributed by atoms with Crippen LogP contribution in [0.3, 0.4) is 0 Å². The highest BCUT2D eigenvalue weighted by Gasteiger charge is 2.55. The molecule has 2 rings (SSSR count). The van der Waals surface area contributed by atoms with E-state index in [1.807, 2.05) is 50.3 Å². The number of methoxy groups -OCH3 is 1. The molecule has 23 heavy (non-hydrogen) atoms. The predicted octanol–water partition coefficient (Wildman–Crippen LogP) is 3.10. The number of esters is 1. The van der Waals surface area contributed by atoms with E-state index < -0.39 is 36.1 Å². The second-order valence-electron chi connectivity index (χ2n) is 6.51. The molecule has 1 aromatic rings. The second-order valence-corrected chi connectivity index (χ2v) is 7.67. The Hall–Kier alpha value is -0.735. The number of pyridine rings is 1. The van der Waals surface area contributed by atoms with Crippen molar-refractivity contribution >= 4 is 35.7 Å². The van der Waals surface area contributed by atoms with Gasteiger partial charge in [0, 0.05) is 21.1 Å². The normalized spacial score (nSPS) is 20.4. The summed E-state index contributed by atoms with van der Waals surface area (Å²) in [4.78, 5) is 15.5. The van der Waals surface area contributed by atoms with E-state index in [1.165, 1.54) is 13.3 Å². The minimum absolute atomic E-state index is 0.0497. The first-order valence-electron chi connectivity index (χ1n) is 7.31. The molecule has 0 aromatic carbocycles. The molecule has 1 aromatic heterocycles. The number of halogens is 2. The molecule has 0 amide bonds. The molecule has 0 aliphatic carbocycles. The number of nitrogens with zero attached hydrogens (tertiary/aromatic N) is 1. The minimum Gasteiger partial charge on any atom is -0.469 e. The van der Waals surface area contributed by atoms with Gasteiger partial charge >= 0.3 is 13.1 Å². The van der Waals surface area contributed by atoms with Gasteiger partial charge in [0.2, 0.25) is 5.95 Å². The molecule has 0 N–H and O–H groups in total. The lowest BCUT2D eigenvalue weighted by molar-refractivity contribution is -0.140. The van der Waals surface area contributed by atoms with Gasteiger partial charge in [0.15, 0.2) is 0 Å². The number of rotatable bonds is 4. The molecule has 5 nitrogen and oxygen atoms in total. The molecule has 1 atom stereocenters. The van der Waals surface area contributed by atoms with Gasteiger partial charge in [0.05, 0.1) is 24.7 Å². The summed E-state index contributed by atoms with van der Waals surface area (Å²) in [5, 5.41) is 0. The second kappa shape index (κ2) is 6.64. The van der Waals surface area contributed by atoms with Gasteiger partial charge in [-0.2, -0.15) is 4.39 Å². The lowest BCUT2D eigenvalue weighted by Crippen LogP contribution is -2.41. The Morgan fingerprint density at radius 3 is 2.43 bits per heavy atom. The number of ether oxygens (including phenoxy) is 1. The molecule has 1 aliphatic rings. The van der Waals surface area contributed by atoms with Gasteiger partial charge in [-0.05, 0) is 56.4 Å². The highest BCUT2D eigenvalue weighted by Crippen LogP contribution is 2.42. The monoisotopic (exact) mass is 435 g/mol. The van der Waals surface area contributed by atoms with E-state index in [1.54, 1.807) is 6.07 Å². The molecule has 2 heterocycles. The third-order valence-electron chi connectivity index (χ3n) is 4.47. The molecule has 126 valence electrons. The van der Waals surface area contributed by atoms with Gasteiger partial charge < -0.3 is 14.0 Å². The van der Waals surface area contributed by atoms with Crippen LogP contribution in [0.4, 0.5) is 4.39 Å². The van der Waals surface area contributed by atoms with Crippen LogP contribution in [0, 0.1) is 9.52 Å². The van der Waals surface area contributed by atoms with Crippen molar-refractivity contribution in [3.05, 3.63) is 27.3 Å². The lowest BCUT2D eigenvalue weighted by atomic mass is 9.66. The fourth-order valence-corrected chi connectivity index (χ4v) is 3.19. The molecule has 1 fully saturated rings. The van der Waals surface area contributed by atoms with Crippen molar-refractivity contribution in [2.75, 3.05) is 7.11 Å². The summed E-state index contributed by atoms with van der Waals surface area (Å²) < 4.78 is 31.7. The van der Waals surface area contributed by atoms with E-state index in [0.29, 0.717) is 9.13 Å². The van der Waals surface area contributed by atoms with Crippen LogP contribution in [0.5, 0.6) is 0 Å². The van der Waals surface area contributed by atoms with Crippen molar-refractivity contribution in [2.45, 2.75) is 51.1 Å². The van der Waals surface area contributed by atoms with Crippen LogP contribution in [0.15, 0.2) is 12.3 Å². The summed E-state index contributed by atoms with van der Waals surface area (Å²) in [7, 11) is 0.542. The minimum atomic E-state index is -0.758. The van der Waals surface area contributed by atoms with E-state index in [0.717, 1.165) is 0 Å². The maximum atomic E-state index is 14.3. The molecule has 0 radical (unpaired) electrons. The summed E-state index contributed by atoms with van der Waals surface area (Å²) in [6.45, 7) is 7.64. The van der Waals surface area contributed by atoms with Crippen LogP contribution >= 0.6 is 22.6 Å². The zero-order valence-electron chi connectivity index (χ0n) is 13.9. The Morgan fingerprint density at radius 1 is 1.39 bits per heavy atom. The lowest BCUT2D eigenvalue weighted by Gasteiger charge is -2.32. The van der Waals surface area contributed by atoms with Crippen LogP contribution in [0.25, 0.3) is 0 Å². The third-order valence-corrected chi connectivity index (χ3v) is 5.41. The maximum absolute atomic E-state index is 14.3. The first-order chi connectivity index (χ1) is 10.6. The number of aromatic nitrogens is 1. The van der Waals surface area contributed by atoms with Crippen molar-refractivity contribution in [3.63, 3.8) is 0 Å². The van der Waals surface area contributed by atoms with Crippen LogP contribution in [-0.4, -0.2) is 36.4 Å². The molecule has 1 saturated heterocycles. The Kier molecular flexibility index (Phi) is 5.37. The Morgan fingerprint density at radius 2 is 1.96 bits per heavy atom. The zero-order chi connectivity index (χ0) is 17.4. The summed E-state index contributed by atoms with van der Waals surface area (Å²) in [6.07, 6.45) is 1.34. The smallest absolute Gasteiger partial charge is 0.466 e. The van der Waals surface area contributed by atoms with Crippen molar-refractivity contribution < 1.29 is 23.2 Å². The summed E-state index contributed by atoms with van der Waals surface area (Å²) in [5.74, 6) is -1.71. The number of carbonyl (C=O) groups is 1. The molecule has 1 aliphatic heterocycles. The topological polar surface area (TPSA) is 57.7 Å². The van der Waals surface area contributed by atoms with Gasteiger partial charge in [-0.1, -0.05) is 0 Å². The standard InChI is InChI=1S/C15H20BFINO4/c1-14(2)15(3,4)23-16(22-14)9(8-11(20)21-5)12-10(18)6-7-19-13(12)17/h6-7,9H,8H2,1-5H3. The van der Waals surface area contributed by atoms with Crippen molar-refractivity contribution in [2.24, 2.45) is 0 Å². The highest BCUT2D eigenvalue weighted by atomic mass is 127. The molecule has 0 bridgehead atoms. The maximum Gasteiger partial charge on any atom is 0.466 e. The Bertz CT molecular complexity index is 575. The number of carbonyl (C=O) groups excluding carboxylic acids is 1. The third kappa shape index (κ3) is 3.69. The van der Waals surface area contributed by atoms with Crippen molar-refractivity contribution in [3.8, 4) is 0 Å². The van der Waals surface area contributed by atoms with Gasteiger partial charge in [0.1, 0.15) is 0 Å². The van der Waals surface area contributed by atoms with Gasteiger partial charge in [0.25, 0.3) is 0 Å². The van der Waals surface area contributed by atoms with Gasteiger partial charge in [-0.25, -0.2) is 4.98 Å². The molecular weight excluding hydrogens is 415 g/mol. The van der Waals surface area contributed by atoms with Gasteiger partial charge in [-0.3, -0.25) is 4.79 Å². The quantitative estimate of drug-likeness (QED) is 0.315. The molecule has 0 saturated carbocycles. The van der Waals surface area contributed by atoms with Crippen LogP contribution in [0.2, 0.25) is 0 Å². The van der Waals surface area contributed by atoms with Crippen LogP contribution < -0.4 is 0 Å². The van der Waals surface area contributed by atoms with Crippen LogP contribution in [-0.2, 0) is 18.8 Å². The highest BCUT2D eigenvalue weighted by molar-refractivity contribution is 14.1. The summed E-state index contributed by atoms with van der Waals surface area (Å²) in [6, 6.07) is 1.69. The van der Waals surface area contributed by atoms with Crippen LogP contribution in [0.1, 0.15) is 45.5 Å². The molecule has 8 heteroatoms. The molecular formula is C15H20BFINO4. The van der Waals surface area contributed by atoms with Gasteiger partial charge in [-0.15, -0.1) is 0 Å². The van der Waals surface area contributed by atoms with Crippen molar-refractivity contribution in [1.82, 2.24) is 4.98 Å². The van der Waals surface area contributed by atoms with Crippen molar-refractivity contribution in [1.29, 1.82) is 0 Å². The Labute approximate surface area is 149 Å². The SMILES string of the molecule is COC(=O)CC(B1OC(C)(C)C(C)(C)O1)c1c(I)ccnc1F. The van der Waals surface area contributed by atoms with E-state index >= 15 is 0 Å². The average molecular weight is 435 g/mol. The number of hydrogen-bond acceptors (Lipinski definition) is 5. The largest absolute Gasteiger partial charge is 0.469 e. The summed E-state index contributed by atoms with van der Waals surface area (Å²) >= 11 is 2.02. The van der Waals surface area contributed by atoms with E-state index in [9.17, 15) is 9.18 Å². The summed E-state index contributed by atoms with van der Waals surface area (Å²) in [5.41, 5.74) is -0.830. The number of hydrogen-bond donors (Lipinski definition) is 0. The fraction of sp³-hybridized carbons (Fsp3) is 0.600. The zero-order valence-corrected chi connectivity index (χ0v) is 16.0. The fourth-order valence-electron chi connectivity index (χ4n) is 2.41. The predicted molar refractivity (Wildman–Crippen MR) is 92.4 cm³/mol. The average Bonchev–Trinajstić information content (AvgIpc) is 2.65. The first-order valence-corrected chi connectivity index (χ1v) is 8.39. The Balaban J connectivity index is 2.42.